The van der Waals surface area contributed by atoms with E-state index in [4.69, 9.17) is 4.74 Å². The average Bonchev–Trinajstić information content (AvgIpc) is 3.28. The maximum atomic E-state index is 5.67. The molecule has 4 heterocycles. The molecular formula is C21H38N7O. The van der Waals surface area contributed by atoms with Crippen LogP contribution in [0.25, 0.3) is 0 Å². The molecule has 0 spiro atoms. The van der Waals surface area contributed by atoms with Gasteiger partial charge in [0.1, 0.15) is 0 Å². The van der Waals surface area contributed by atoms with Crippen molar-refractivity contribution in [1.82, 2.24) is 34.5 Å². The fourth-order valence-corrected chi connectivity index (χ4v) is 4.70. The number of aromatic nitrogens is 2. The van der Waals surface area contributed by atoms with Crippen LogP contribution in [0.15, 0.2) is 18.7 Å². The first-order valence-electron chi connectivity index (χ1n) is 11.2. The van der Waals surface area contributed by atoms with Crippen molar-refractivity contribution in [2.24, 2.45) is 0 Å². The minimum absolute atomic E-state index is 0.433. The van der Waals surface area contributed by atoms with E-state index in [1.807, 2.05) is 12.5 Å². The number of ether oxygens (including phenoxy) is 1. The molecule has 1 unspecified atom stereocenters. The molecule has 0 bridgehead atoms. The summed E-state index contributed by atoms with van der Waals surface area (Å²) in [5, 5.41) is 3.50. The molecule has 8 heteroatoms. The first-order valence-corrected chi connectivity index (χ1v) is 11.2. The highest BCUT2D eigenvalue weighted by Gasteiger charge is 2.33. The SMILES string of the molecule is CN1CCN(C[C](CN2CCNCC2)C(Cn2ccnc2)N2CCOCC2)CC1. The van der Waals surface area contributed by atoms with Gasteiger partial charge in [-0.25, -0.2) is 4.98 Å². The topological polar surface area (TPSA) is 52.0 Å². The van der Waals surface area contributed by atoms with Crippen LogP contribution in [-0.4, -0.2) is 134 Å². The van der Waals surface area contributed by atoms with Gasteiger partial charge in [0.15, 0.2) is 0 Å². The van der Waals surface area contributed by atoms with Gasteiger partial charge in [0.05, 0.1) is 19.5 Å². The summed E-state index contributed by atoms with van der Waals surface area (Å²) in [6.07, 6.45) is 5.96. The molecule has 4 rings (SSSR count). The molecule has 1 N–H and O–H groups in total. The number of hydrogen-bond donors (Lipinski definition) is 1. The molecule has 1 aromatic heterocycles. The lowest BCUT2D eigenvalue weighted by molar-refractivity contribution is 0.0103. The monoisotopic (exact) mass is 404 g/mol. The van der Waals surface area contributed by atoms with Gasteiger partial charge in [-0.2, -0.15) is 0 Å². The molecule has 3 saturated heterocycles. The highest BCUT2D eigenvalue weighted by Crippen LogP contribution is 2.22. The zero-order chi connectivity index (χ0) is 19.9. The lowest BCUT2D eigenvalue weighted by Crippen LogP contribution is -2.56. The van der Waals surface area contributed by atoms with Gasteiger partial charge in [-0.15, -0.1) is 0 Å². The minimum atomic E-state index is 0.433. The Morgan fingerprint density at radius 3 is 2.31 bits per heavy atom. The Kier molecular flexibility index (Phi) is 7.93. The summed E-state index contributed by atoms with van der Waals surface area (Å²) in [6.45, 7) is 16.1. The second-order valence-electron chi connectivity index (χ2n) is 8.69. The van der Waals surface area contributed by atoms with Gasteiger partial charge in [-0.1, -0.05) is 0 Å². The van der Waals surface area contributed by atoms with Crippen molar-refractivity contribution in [2.45, 2.75) is 12.6 Å². The number of imidazole rings is 1. The highest BCUT2D eigenvalue weighted by molar-refractivity contribution is 5.08. The highest BCUT2D eigenvalue weighted by atomic mass is 16.5. The summed E-state index contributed by atoms with van der Waals surface area (Å²) >= 11 is 0. The van der Waals surface area contributed by atoms with Gasteiger partial charge in [-0.05, 0) is 7.05 Å². The van der Waals surface area contributed by atoms with Crippen LogP contribution in [0, 0.1) is 5.92 Å². The van der Waals surface area contributed by atoms with Crippen molar-refractivity contribution in [3.05, 3.63) is 24.6 Å². The van der Waals surface area contributed by atoms with Crippen LogP contribution in [-0.2, 0) is 11.3 Å². The Balaban J connectivity index is 1.49. The van der Waals surface area contributed by atoms with E-state index in [2.05, 4.69) is 47.7 Å². The Hall–Kier alpha value is -1.03. The van der Waals surface area contributed by atoms with E-state index in [1.165, 1.54) is 26.2 Å². The van der Waals surface area contributed by atoms with Crippen LogP contribution in [0.1, 0.15) is 0 Å². The van der Waals surface area contributed by atoms with Crippen molar-refractivity contribution < 1.29 is 4.74 Å². The number of morpholine rings is 1. The lowest BCUT2D eigenvalue weighted by atomic mass is 9.95. The fraction of sp³-hybridized carbons (Fsp3) is 0.810. The summed E-state index contributed by atoms with van der Waals surface area (Å²) in [6, 6.07) is 0.433. The van der Waals surface area contributed by atoms with Crippen molar-refractivity contribution >= 4 is 0 Å². The van der Waals surface area contributed by atoms with E-state index in [0.717, 1.165) is 72.1 Å². The van der Waals surface area contributed by atoms with Crippen LogP contribution >= 0.6 is 0 Å². The molecule has 29 heavy (non-hydrogen) atoms. The fourth-order valence-electron chi connectivity index (χ4n) is 4.70. The van der Waals surface area contributed by atoms with Crippen LogP contribution in [0.3, 0.4) is 0 Å². The first-order chi connectivity index (χ1) is 14.3. The van der Waals surface area contributed by atoms with Crippen molar-refractivity contribution in [2.75, 3.05) is 98.8 Å². The van der Waals surface area contributed by atoms with Crippen molar-refractivity contribution in [1.29, 1.82) is 0 Å². The zero-order valence-corrected chi connectivity index (χ0v) is 18.0. The summed E-state index contributed by atoms with van der Waals surface area (Å²) < 4.78 is 7.92. The van der Waals surface area contributed by atoms with E-state index in [-0.39, 0.29) is 0 Å². The van der Waals surface area contributed by atoms with E-state index < -0.39 is 0 Å². The Morgan fingerprint density at radius 1 is 0.966 bits per heavy atom. The van der Waals surface area contributed by atoms with Gasteiger partial charge >= 0.3 is 0 Å². The van der Waals surface area contributed by atoms with Crippen LogP contribution in [0.5, 0.6) is 0 Å². The predicted octanol–water partition coefficient (Wildman–Crippen LogP) is -0.689. The van der Waals surface area contributed by atoms with Gasteiger partial charge in [0.25, 0.3) is 0 Å². The minimum Gasteiger partial charge on any atom is -0.379 e. The number of likely N-dealkylation sites (N-methyl/N-ethyl adjacent to an activating group) is 1. The predicted molar refractivity (Wildman–Crippen MR) is 115 cm³/mol. The van der Waals surface area contributed by atoms with Crippen molar-refractivity contribution in [3.63, 3.8) is 0 Å². The summed E-state index contributed by atoms with van der Waals surface area (Å²) in [5.74, 6) is 1.66. The summed E-state index contributed by atoms with van der Waals surface area (Å²) in [7, 11) is 2.23. The van der Waals surface area contributed by atoms with Gasteiger partial charge in [-0.3, -0.25) is 4.90 Å². The van der Waals surface area contributed by atoms with Crippen molar-refractivity contribution in [3.8, 4) is 0 Å². The van der Waals surface area contributed by atoms with Gasteiger partial charge < -0.3 is 29.3 Å². The maximum Gasteiger partial charge on any atom is 0.0946 e. The van der Waals surface area contributed by atoms with E-state index in [9.17, 15) is 0 Å². The normalized spacial score (nSPS) is 24.9. The molecule has 0 amide bonds. The smallest absolute Gasteiger partial charge is 0.0946 e. The number of nitrogens with zero attached hydrogens (tertiary/aromatic N) is 6. The molecule has 3 fully saturated rings. The van der Waals surface area contributed by atoms with E-state index in [1.54, 1.807) is 5.92 Å². The molecule has 0 aliphatic carbocycles. The number of nitrogens with one attached hydrogen (secondary N) is 1. The molecule has 0 aromatic carbocycles. The molecule has 1 aromatic rings. The summed E-state index contributed by atoms with van der Waals surface area (Å²) in [4.78, 5) is 14.7. The first kappa shape index (κ1) is 21.2. The molecule has 163 valence electrons. The second kappa shape index (κ2) is 10.8. The Morgan fingerprint density at radius 2 is 1.66 bits per heavy atom. The third kappa shape index (κ3) is 6.23. The van der Waals surface area contributed by atoms with Crippen LogP contribution in [0.2, 0.25) is 0 Å². The molecule has 1 atom stereocenters. The van der Waals surface area contributed by atoms with E-state index >= 15 is 0 Å². The molecule has 1 radical (unpaired) electrons. The Labute approximate surface area is 175 Å². The average molecular weight is 405 g/mol. The van der Waals surface area contributed by atoms with Gasteiger partial charge in [0.2, 0.25) is 0 Å². The van der Waals surface area contributed by atoms with Crippen LogP contribution < -0.4 is 5.32 Å². The third-order valence-electron chi connectivity index (χ3n) is 6.56. The quantitative estimate of drug-likeness (QED) is 0.616. The molecule has 8 nitrogen and oxygen atoms in total. The van der Waals surface area contributed by atoms with E-state index in [0.29, 0.717) is 6.04 Å². The molecular weight excluding hydrogens is 366 g/mol. The maximum absolute atomic E-state index is 5.67. The zero-order valence-electron chi connectivity index (χ0n) is 18.0. The number of piperazine rings is 2. The number of hydrogen-bond acceptors (Lipinski definition) is 7. The van der Waals surface area contributed by atoms with Crippen LogP contribution in [0.4, 0.5) is 0 Å². The summed E-state index contributed by atoms with van der Waals surface area (Å²) in [5.41, 5.74) is 0. The molecule has 0 saturated carbocycles. The largest absolute Gasteiger partial charge is 0.379 e. The Bertz CT molecular complexity index is 564. The molecule has 3 aliphatic rings. The third-order valence-corrected chi connectivity index (χ3v) is 6.56. The van der Waals surface area contributed by atoms with Gasteiger partial charge in [0, 0.05) is 109 Å². The second-order valence-corrected chi connectivity index (χ2v) is 8.69. The standard InChI is InChI=1S/C21H38N7O/c1-24-8-10-26(11-9-24)17-20(16-25-5-2-22-3-6-25)21(18-27-7-4-23-19-27)28-12-14-29-15-13-28/h4,7,19,21-22H,2-3,5-6,8-18H2,1H3. The lowest BCUT2D eigenvalue weighted by Gasteiger charge is -2.44. The number of rotatable bonds is 8. The molecule has 3 aliphatic heterocycles.